The van der Waals surface area contributed by atoms with E-state index in [2.05, 4.69) is 4.72 Å². The van der Waals surface area contributed by atoms with E-state index in [4.69, 9.17) is 4.74 Å². The maximum absolute atomic E-state index is 11.4. The molecular formula is C9H19NO4S. The highest BCUT2D eigenvalue weighted by molar-refractivity contribution is 7.89. The first kappa shape index (κ1) is 12.9. The monoisotopic (exact) mass is 237 g/mol. The number of ether oxygens (including phenoxy) is 1. The van der Waals surface area contributed by atoms with Gasteiger partial charge in [-0.1, -0.05) is 0 Å². The highest BCUT2D eigenvalue weighted by atomic mass is 32.2. The molecule has 1 saturated carbocycles. The fourth-order valence-electron chi connectivity index (χ4n) is 1.25. The molecule has 0 aromatic rings. The zero-order chi connectivity index (χ0) is 11.3. The van der Waals surface area contributed by atoms with Gasteiger partial charge in [0.05, 0.1) is 18.5 Å². The number of sulfonamides is 1. The van der Waals surface area contributed by atoms with Gasteiger partial charge < -0.3 is 9.84 Å². The summed E-state index contributed by atoms with van der Waals surface area (Å²) in [7, 11) is -3.29. The highest BCUT2D eigenvalue weighted by Gasteiger charge is 2.30. The molecule has 1 aliphatic carbocycles. The van der Waals surface area contributed by atoms with Gasteiger partial charge in [-0.25, -0.2) is 13.1 Å². The predicted molar refractivity (Wildman–Crippen MR) is 57.0 cm³/mol. The van der Waals surface area contributed by atoms with Gasteiger partial charge in [0, 0.05) is 13.2 Å². The second-order valence-corrected chi connectivity index (χ2v) is 5.70. The SMILES string of the molecule is CCOCCS(=O)(=O)NCC(O)C1CC1. The molecule has 15 heavy (non-hydrogen) atoms. The van der Waals surface area contributed by atoms with Gasteiger partial charge in [-0.15, -0.1) is 0 Å². The van der Waals surface area contributed by atoms with E-state index < -0.39 is 16.1 Å². The summed E-state index contributed by atoms with van der Waals surface area (Å²) < 4.78 is 30.0. The lowest BCUT2D eigenvalue weighted by Crippen LogP contribution is -2.35. The van der Waals surface area contributed by atoms with Crippen molar-refractivity contribution in [3.63, 3.8) is 0 Å². The fourth-order valence-corrected chi connectivity index (χ4v) is 2.15. The van der Waals surface area contributed by atoms with Crippen molar-refractivity contribution in [2.24, 2.45) is 5.92 Å². The Kier molecular flexibility index (Phi) is 4.98. The van der Waals surface area contributed by atoms with Crippen molar-refractivity contribution in [1.82, 2.24) is 4.72 Å². The van der Waals surface area contributed by atoms with Crippen LogP contribution in [0, 0.1) is 5.92 Å². The number of hydrogen-bond acceptors (Lipinski definition) is 4. The van der Waals surface area contributed by atoms with Gasteiger partial charge >= 0.3 is 0 Å². The minimum Gasteiger partial charge on any atom is -0.391 e. The van der Waals surface area contributed by atoms with Gasteiger partial charge in [-0.3, -0.25) is 0 Å². The molecule has 5 nitrogen and oxygen atoms in total. The Morgan fingerprint density at radius 3 is 2.73 bits per heavy atom. The average molecular weight is 237 g/mol. The lowest BCUT2D eigenvalue weighted by molar-refractivity contribution is 0.154. The lowest BCUT2D eigenvalue weighted by atomic mass is 10.2. The van der Waals surface area contributed by atoms with Gasteiger partial charge in [0.25, 0.3) is 0 Å². The molecule has 0 bridgehead atoms. The van der Waals surface area contributed by atoms with Gasteiger partial charge in [-0.05, 0) is 25.7 Å². The van der Waals surface area contributed by atoms with Crippen LogP contribution in [0.2, 0.25) is 0 Å². The summed E-state index contributed by atoms with van der Waals surface area (Å²) >= 11 is 0. The summed E-state index contributed by atoms with van der Waals surface area (Å²) in [5, 5.41) is 9.47. The molecule has 0 heterocycles. The normalized spacial score (nSPS) is 19.1. The first-order valence-electron chi connectivity index (χ1n) is 5.28. The largest absolute Gasteiger partial charge is 0.391 e. The maximum atomic E-state index is 11.4. The van der Waals surface area contributed by atoms with Crippen molar-refractivity contribution < 1.29 is 18.3 Å². The summed E-state index contributed by atoms with van der Waals surface area (Å²) in [6, 6.07) is 0. The summed E-state index contributed by atoms with van der Waals surface area (Å²) in [6.45, 7) is 2.65. The summed E-state index contributed by atoms with van der Waals surface area (Å²) in [4.78, 5) is 0. The van der Waals surface area contributed by atoms with Crippen LogP contribution < -0.4 is 4.72 Å². The number of hydrogen-bond donors (Lipinski definition) is 2. The smallest absolute Gasteiger partial charge is 0.213 e. The van der Waals surface area contributed by atoms with Crippen LogP contribution in [-0.2, 0) is 14.8 Å². The van der Waals surface area contributed by atoms with E-state index >= 15 is 0 Å². The predicted octanol–water partition coefficient (Wildman–Crippen LogP) is -0.287. The lowest BCUT2D eigenvalue weighted by Gasteiger charge is -2.11. The first-order valence-corrected chi connectivity index (χ1v) is 6.93. The minimum atomic E-state index is -3.29. The average Bonchev–Trinajstić information content (AvgIpc) is 2.98. The molecule has 0 aliphatic heterocycles. The van der Waals surface area contributed by atoms with Crippen molar-refractivity contribution in [3.05, 3.63) is 0 Å². The van der Waals surface area contributed by atoms with Crippen LogP contribution in [0.25, 0.3) is 0 Å². The van der Waals surface area contributed by atoms with Crippen LogP contribution >= 0.6 is 0 Å². The zero-order valence-corrected chi connectivity index (χ0v) is 9.79. The molecule has 0 radical (unpaired) electrons. The van der Waals surface area contributed by atoms with Crippen molar-refractivity contribution in [1.29, 1.82) is 0 Å². The number of aliphatic hydroxyl groups is 1. The van der Waals surface area contributed by atoms with Crippen molar-refractivity contribution in [2.75, 3.05) is 25.5 Å². The van der Waals surface area contributed by atoms with Gasteiger partial charge in [-0.2, -0.15) is 0 Å². The van der Waals surface area contributed by atoms with E-state index in [1.807, 2.05) is 6.92 Å². The van der Waals surface area contributed by atoms with E-state index in [-0.39, 0.29) is 18.9 Å². The van der Waals surface area contributed by atoms with Crippen LogP contribution in [0.3, 0.4) is 0 Å². The number of rotatable bonds is 8. The zero-order valence-electron chi connectivity index (χ0n) is 8.98. The second-order valence-electron chi connectivity index (χ2n) is 3.77. The van der Waals surface area contributed by atoms with Gasteiger partial charge in [0.2, 0.25) is 10.0 Å². The molecule has 6 heteroatoms. The fraction of sp³-hybridized carbons (Fsp3) is 1.00. The number of aliphatic hydroxyl groups excluding tert-OH is 1. The molecule has 1 fully saturated rings. The minimum absolute atomic E-state index is 0.0434. The van der Waals surface area contributed by atoms with Crippen molar-refractivity contribution in [2.45, 2.75) is 25.9 Å². The summed E-state index contributed by atoms with van der Waals surface area (Å²) in [5.41, 5.74) is 0. The van der Waals surface area contributed by atoms with E-state index in [1.165, 1.54) is 0 Å². The standard InChI is InChI=1S/C9H19NO4S/c1-2-14-5-6-15(12,13)10-7-9(11)8-3-4-8/h8-11H,2-7H2,1H3. The van der Waals surface area contributed by atoms with E-state index in [1.54, 1.807) is 0 Å². The molecule has 0 spiro atoms. The highest BCUT2D eigenvalue weighted by Crippen LogP contribution is 2.32. The van der Waals surface area contributed by atoms with Crippen LogP contribution in [-0.4, -0.2) is 45.1 Å². The first-order chi connectivity index (χ1) is 7.05. The number of nitrogens with one attached hydrogen (secondary N) is 1. The van der Waals surface area contributed by atoms with E-state index in [9.17, 15) is 13.5 Å². The molecule has 0 aromatic heterocycles. The topological polar surface area (TPSA) is 75.6 Å². The third-order valence-corrected chi connectivity index (χ3v) is 3.69. The molecule has 1 aliphatic rings. The Labute approximate surface area is 90.9 Å². The molecule has 2 N–H and O–H groups in total. The Bertz CT molecular complexity index is 274. The summed E-state index contributed by atoms with van der Waals surface area (Å²) in [6.07, 6.45) is 1.47. The van der Waals surface area contributed by atoms with Crippen LogP contribution in [0.1, 0.15) is 19.8 Å². The molecule has 1 atom stereocenters. The molecule has 0 saturated heterocycles. The Morgan fingerprint density at radius 1 is 1.53 bits per heavy atom. The molecule has 90 valence electrons. The maximum Gasteiger partial charge on any atom is 0.213 e. The molecule has 0 aromatic carbocycles. The summed E-state index contributed by atoms with van der Waals surface area (Å²) in [5.74, 6) is 0.248. The molecule has 0 amide bonds. The van der Waals surface area contributed by atoms with Crippen LogP contribution in [0.5, 0.6) is 0 Å². The molecule has 1 unspecified atom stereocenters. The molecule has 1 rings (SSSR count). The Hall–Kier alpha value is -0.170. The third kappa shape index (κ3) is 5.46. The van der Waals surface area contributed by atoms with E-state index in [0.717, 1.165) is 12.8 Å². The Balaban J connectivity index is 2.16. The second kappa shape index (κ2) is 5.79. The van der Waals surface area contributed by atoms with Crippen molar-refractivity contribution in [3.8, 4) is 0 Å². The quantitative estimate of drug-likeness (QED) is 0.569. The van der Waals surface area contributed by atoms with Crippen LogP contribution in [0.4, 0.5) is 0 Å². The van der Waals surface area contributed by atoms with Crippen LogP contribution in [0.15, 0.2) is 0 Å². The Morgan fingerprint density at radius 2 is 2.20 bits per heavy atom. The van der Waals surface area contributed by atoms with Gasteiger partial charge in [0.1, 0.15) is 0 Å². The third-order valence-electron chi connectivity index (χ3n) is 2.38. The molecular weight excluding hydrogens is 218 g/mol. The van der Waals surface area contributed by atoms with Gasteiger partial charge in [0.15, 0.2) is 0 Å². The van der Waals surface area contributed by atoms with Crippen molar-refractivity contribution >= 4 is 10.0 Å². The van der Waals surface area contributed by atoms with E-state index in [0.29, 0.717) is 12.5 Å².